The van der Waals surface area contributed by atoms with Crippen molar-refractivity contribution in [3.63, 3.8) is 0 Å². The minimum absolute atomic E-state index is 0.00665. The summed E-state index contributed by atoms with van der Waals surface area (Å²) in [6.07, 6.45) is 5.21. The molecule has 23 heavy (non-hydrogen) atoms. The molecule has 1 N–H and O–H groups in total. The van der Waals surface area contributed by atoms with Gasteiger partial charge in [0.2, 0.25) is 5.91 Å². The summed E-state index contributed by atoms with van der Waals surface area (Å²) in [5.41, 5.74) is 1.77. The summed E-state index contributed by atoms with van der Waals surface area (Å²) in [5.74, 6) is 0.380. The Balaban J connectivity index is 1.76. The predicted molar refractivity (Wildman–Crippen MR) is 90.0 cm³/mol. The van der Waals surface area contributed by atoms with Gasteiger partial charge in [0.25, 0.3) is 5.91 Å². The first-order valence-electron chi connectivity index (χ1n) is 8.75. The summed E-state index contributed by atoms with van der Waals surface area (Å²) in [6.45, 7) is 4.75. The molecule has 3 rings (SSSR count). The lowest BCUT2D eigenvalue weighted by atomic mass is 10.0. The van der Waals surface area contributed by atoms with Gasteiger partial charge in [-0.1, -0.05) is 44.9 Å². The van der Waals surface area contributed by atoms with Gasteiger partial charge in [0, 0.05) is 18.2 Å². The molecule has 1 heterocycles. The van der Waals surface area contributed by atoms with Crippen LogP contribution in [0.3, 0.4) is 0 Å². The molecule has 1 saturated carbocycles. The van der Waals surface area contributed by atoms with Crippen molar-refractivity contribution in [2.75, 3.05) is 0 Å². The molecule has 2 amide bonds. The lowest BCUT2D eigenvalue weighted by molar-refractivity contribution is -0.127. The number of fused-ring (bicyclic) bond motifs is 1. The van der Waals surface area contributed by atoms with Crippen LogP contribution in [0.25, 0.3) is 0 Å². The minimum Gasteiger partial charge on any atom is -0.352 e. The van der Waals surface area contributed by atoms with Crippen molar-refractivity contribution in [2.45, 2.75) is 64.6 Å². The third-order valence-electron chi connectivity index (χ3n) is 4.92. The summed E-state index contributed by atoms with van der Waals surface area (Å²) in [7, 11) is 0. The maximum Gasteiger partial charge on any atom is 0.255 e. The molecule has 0 radical (unpaired) electrons. The van der Waals surface area contributed by atoms with E-state index >= 15 is 0 Å². The van der Waals surface area contributed by atoms with Gasteiger partial charge in [-0.15, -0.1) is 0 Å². The zero-order valence-electron chi connectivity index (χ0n) is 14.0. The van der Waals surface area contributed by atoms with Crippen LogP contribution in [0.2, 0.25) is 0 Å². The number of carbonyl (C=O) groups is 2. The average molecular weight is 314 g/mol. The molecule has 4 nitrogen and oxygen atoms in total. The van der Waals surface area contributed by atoms with Gasteiger partial charge in [0.15, 0.2) is 0 Å². The van der Waals surface area contributed by atoms with E-state index in [0.29, 0.717) is 18.9 Å². The highest BCUT2D eigenvalue weighted by atomic mass is 16.2. The second-order valence-corrected chi connectivity index (χ2v) is 7.23. The number of carbonyl (C=O) groups excluding carboxylic acids is 2. The van der Waals surface area contributed by atoms with Crippen LogP contribution >= 0.6 is 0 Å². The Hall–Kier alpha value is -1.84. The number of benzene rings is 1. The summed E-state index contributed by atoms with van der Waals surface area (Å²) in [6, 6.07) is 7.60. The Bertz CT molecular complexity index is 591. The quantitative estimate of drug-likeness (QED) is 0.908. The van der Waals surface area contributed by atoms with Crippen LogP contribution in [-0.4, -0.2) is 28.8 Å². The Morgan fingerprint density at radius 2 is 1.96 bits per heavy atom. The van der Waals surface area contributed by atoms with Crippen LogP contribution in [0.5, 0.6) is 0 Å². The molecular formula is C19H26N2O2. The SMILES string of the molecule is CC(C)C[C@@H](C(=O)NC1CCCC1)N1Cc2ccccc2C1=O. The molecule has 0 bridgehead atoms. The molecule has 4 heteroatoms. The Labute approximate surface area is 138 Å². The fraction of sp³-hybridized carbons (Fsp3) is 0.579. The predicted octanol–water partition coefficient (Wildman–Crippen LogP) is 3.12. The van der Waals surface area contributed by atoms with Gasteiger partial charge < -0.3 is 10.2 Å². The van der Waals surface area contributed by atoms with Crippen LogP contribution < -0.4 is 5.32 Å². The fourth-order valence-corrected chi connectivity index (χ4v) is 3.72. The van der Waals surface area contributed by atoms with E-state index < -0.39 is 0 Å². The molecular weight excluding hydrogens is 288 g/mol. The Kier molecular flexibility index (Phi) is 4.69. The van der Waals surface area contributed by atoms with E-state index in [1.807, 2.05) is 24.3 Å². The first-order chi connectivity index (χ1) is 11.1. The monoisotopic (exact) mass is 314 g/mol. The number of nitrogens with one attached hydrogen (secondary N) is 1. The average Bonchev–Trinajstić information content (AvgIpc) is 3.13. The highest BCUT2D eigenvalue weighted by molar-refractivity contribution is 6.01. The third-order valence-corrected chi connectivity index (χ3v) is 4.92. The second kappa shape index (κ2) is 6.73. The molecule has 0 aromatic heterocycles. The summed E-state index contributed by atoms with van der Waals surface area (Å²) in [5, 5.41) is 3.18. The van der Waals surface area contributed by atoms with Crippen LogP contribution in [0.4, 0.5) is 0 Å². The molecule has 1 aliphatic heterocycles. The zero-order valence-corrected chi connectivity index (χ0v) is 14.0. The van der Waals surface area contributed by atoms with Gasteiger partial charge in [0.1, 0.15) is 6.04 Å². The van der Waals surface area contributed by atoms with Crippen LogP contribution in [0.1, 0.15) is 61.9 Å². The number of nitrogens with zero attached hydrogens (tertiary/aromatic N) is 1. The Morgan fingerprint density at radius 1 is 1.26 bits per heavy atom. The summed E-state index contributed by atoms with van der Waals surface area (Å²) in [4.78, 5) is 27.3. The van der Waals surface area contributed by atoms with Crippen molar-refractivity contribution in [3.8, 4) is 0 Å². The summed E-state index contributed by atoms with van der Waals surface area (Å²) < 4.78 is 0. The summed E-state index contributed by atoms with van der Waals surface area (Å²) >= 11 is 0. The van der Waals surface area contributed by atoms with Crippen molar-refractivity contribution in [1.82, 2.24) is 10.2 Å². The third kappa shape index (κ3) is 3.41. The maximum absolute atomic E-state index is 12.8. The molecule has 0 unspecified atom stereocenters. The maximum atomic E-state index is 12.8. The van der Waals surface area contributed by atoms with Gasteiger partial charge in [-0.2, -0.15) is 0 Å². The topological polar surface area (TPSA) is 49.4 Å². The van der Waals surface area contributed by atoms with E-state index in [-0.39, 0.29) is 23.9 Å². The first-order valence-corrected chi connectivity index (χ1v) is 8.75. The van der Waals surface area contributed by atoms with Gasteiger partial charge >= 0.3 is 0 Å². The molecule has 1 fully saturated rings. The molecule has 2 aliphatic rings. The van der Waals surface area contributed by atoms with Crippen molar-refractivity contribution in [1.29, 1.82) is 0 Å². The fourth-order valence-electron chi connectivity index (χ4n) is 3.72. The van der Waals surface area contributed by atoms with Crippen molar-refractivity contribution in [3.05, 3.63) is 35.4 Å². The van der Waals surface area contributed by atoms with E-state index in [1.54, 1.807) is 4.90 Å². The van der Waals surface area contributed by atoms with Gasteiger partial charge in [-0.3, -0.25) is 9.59 Å². The van der Waals surface area contributed by atoms with Crippen molar-refractivity contribution < 1.29 is 9.59 Å². The normalized spacial score (nSPS) is 19.3. The van der Waals surface area contributed by atoms with E-state index in [9.17, 15) is 9.59 Å². The minimum atomic E-state index is -0.365. The molecule has 1 atom stereocenters. The molecule has 1 aliphatic carbocycles. The van der Waals surface area contributed by atoms with E-state index in [1.165, 1.54) is 12.8 Å². The van der Waals surface area contributed by atoms with Gasteiger partial charge in [-0.25, -0.2) is 0 Å². The van der Waals surface area contributed by atoms with Gasteiger partial charge in [-0.05, 0) is 36.8 Å². The molecule has 124 valence electrons. The lowest BCUT2D eigenvalue weighted by Crippen LogP contribution is -2.50. The lowest BCUT2D eigenvalue weighted by Gasteiger charge is -2.29. The highest BCUT2D eigenvalue weighted by Crippen LogP contribution is 2.27. The molecule has 0 saturated heterocycles. The standard InChI is InChI=1S/C19H26N2O2/c1-13(2)11-17(18(22)20-15-8-4-5-9-15)21-12-14-7-3-6-10-16(14)19(21)23/h3,6-7,10,13,15,17H,4-5,8-9,11-12H2,1-2H3,(H,20,22)/t17-/m0/s1. The van der Waals surface area contributed by atoms with E-state index in [2.05, 4.69) is 19.2 Å². The van der Waals surface area contributed by atoms with E-state index in [4.69, 9.17) is 0 Å². The number of rotatable bonds is 5. The number of amides is 2. The second-order valence-electron chi connectivity index (χ2n) is 7.23. The Morgan fingerprint density at radius 3 is 2.61 bits per heavy atom. The number of hydrogen-bond donors (Lipinski definition) is 1. The molecule has 1 aromatic carbocycles. The van der Waals surface area contributed by atoms with E-state index in [0.717, 1.165) is 24.0 Å². The molecule has 0 spiro atoms. The number of hydrogen-bond acceptors (Lipinski definition) is 2. The molecule has 1 aromatic rings. The van der Waals surface area contributed by atoms with Crippen LogP contribution in [-0.2, 0) is 11.3 Å². The zero-order chi connectivity index (χ0) is 16.4. The van der Waals surface area contributed by atoms with Crippen molar-refractivity contribution in [2.24, 2.45) is 5.92 Å². The van der Waals surface area contributed by atoms with Crippen molar-refractivity contribution >= 4 is 11.8 Å². The largest absolute Gasteiger partial charge is 0.352 e. The van der Waals surface area contributed by atoms with Crippen LogP contribution in [0.15, 0.2) is 24.3 Å². The first kappa shape index (κ1) is 16.0. The smallest absolute Gasteiger partial charge is 0.255 e. The van der Waals surface area contributed by atoms with Gasteiger partial charge in [0.05, 0.1) is 0 Å². The van der Waals surface area contributed by atoms with Crippen LogP contribution in [0, 0.1) is 5.92 Å². The highest BCUT2D eigenvalue weighted by Gasteiger charge is 2.37.